The van der Waals surface area contributed by atoms with Crippen LogP contribution in [0.25, 0.3) is 0 Å². The highest BCUT2D eigenvalue weighted by atomic mass is 15.3. The van der Waals surface area contributed by atoms with Crippen molar-refractivity contribution in [2.45, 2.75) is 32.7 Å². The second-order valence-electron chi connectivity index (χ2n) is 7.03. The van der Waals surface area contributed by atoms with Crippen LogP contribution in [-0.2, 0) is 6.54 Å². The Balaban J connectivity index is 2.58. The minimum atomic E-state index is 0.516. The van der Waals surface area contributed by atoms with Crippen molar-refractivity contribution in [3.05, 3.63) is 35.4 Å². The third-order valence-corrected chi connectivity index (χ3v) is 4.04. The number of quaternary nitrogens is 1. The molecule has 1 aromatic rings. The van der Waals surface area contributed by atoms with Gasteiger partial charge in [0.2, 0.25) is 0 Å². The van der Waals surface area contributed by atoms with Gasteiger partial charge in [-0.1, -0.05) is 38.1 Å². The van der Waals surface area contributed by atoms with E-state index >= 15 is 0 Å². The maximum Gasteiger partial charge on any atom is 0.151 e. The molecule has 0 fully saturated rings. The zero-order chi connectivity index (χ0) is 23.5. The summed E-state index contributed by atoms with van der Waals surface area (Å²) in [6, 6.07) is 11.9. The number of hydrogen-bond donors (Lipinski definition) is 0. The van der Waals surface area contributed by atoms with Crippen molar-refractivity contribution >= 4 is 0 Å². The van der Waals surface area contributed by atoms with Gasteiger partial charge >= 0.3 is 0 Å². The lowest BCUT2D eigenvalue weighted by Crippen LogP contribution is -2.32. The fourth-order valence-electron chi connectivity index (χ4n) is 2.30. The predicted molar refractivity (Wildman–Crippen MR) is 132 cm³/mol. The first-order valence-corrected chi connectivity index (χ1v) is 9.88. The van der Waals surface area contributed by atoms with Crippen molar-refractivity contribution < 1.29 is 4.48 Å². The van der Waals surface area contributed by atoms with E-state index in [1.165, 1.54) is 11.1 Å². The van der Waals surface area contributed by atoms with Gasteiger partial charge in [-0.25, -0.2) is 4.48 Å². The Bertz CT molecular complexity index is 1350. The third kappa shape index (κ3) is 11.9. The molecule has 0 saturated carbocycles. The SMILES string of the molecule is C#CC#CC#CC#CC#CC#CC#CC#CC#C[N+](C)(C)Cc1ccc(C(C)CC)cc1. The van der Waals surface area contributed by atoms with Crippen molar-refractivity contribution in [1.29, 1.82) is 0 Å². The highest BCUT2D eigenvalue weighted by Crippen LogP contribution is 2.19. The van der Waals surface area contributed by atoms with Gasteiger partial charge in [0.1, 0.15) is 6.54 Å². The van der Waals surface area contributed by atoms with Gasteiger partial charge in [0.05, 0.1) is 20.0 Å². The molecule has 0 aliphatic heterocycles. The van der Waals surface area contributed by atoms with Gasteiger partial charge in [-0.3, -0.25) is 0 Å². The summed E-state index contributed by atoms with van der Waals surface area (Å²) in [4.78, 5) is 0. The first kappa shape index (κ1) is 25.3. The van der Waals surface area contributed by atoms with E-state index in [0.29, 0.717) is 10.4 Å². The van der Waals surface area contributed by atoms with Crippen LogP contribution < -0.4 is 0 Å². The van der Waals surface area contributed by atoms with Crippen LogP contribution in [0, 0.1) is 107 Å². The second kappa shape index (κ2) is 15.1. The Morgan fingerprint density at radius 1 is 0.688 bits per heavy atom. The molecule has 0 radical (unpaired) electrons. The summed E-state index contributed by atoms with van der Waals surface area (Å²) in [7, 11) is 4.10. The maximum absolute atomic E-state index is 4.95. The molecule has 0 N–H and O–H groups in total. The second-order valence-corrected chi connectivity index (χ2v) is 7.03. The Morgan fingerprint density at radius 2 is 1.09 bits per heavy atom. The van der Waals surface area contributed by atoms with E-state index in [2.05, 4.69) is 139 Å². The van der Waals surface area contributed by atoms with Gasteiger partial charge in [-0.2, -0.15) is 0 Å². The number of hydrogen-bond acceptors (Lipinski definition) is 0. The van der Waals surface area contributed by atoms with Gasteiger partial charge in [0.15, 0.2) is 6.04 Å². The predicted octanol–water partition coefficient (Wildman–Crippen LogP) is 3.39. The molecule has 1 heteroatoms. The normalized spacial score (nSPS) is 8.59. The molecule has 0 bridgehead atoms. The Hall–Kier alpha value is -4.78. The summed E-state index contributed by atoms with van der Waals surface area (Å²) < 4.78 is 0.516. The molecule has 1 aromatic carbocycles. The lowest BCUT2D eigenvalue weighted by Gasteiger charge is -2.21. The topological polar surface area (TPSA) is 0 Å². The number of terminal acetylenes is 1. The van der Waals surface area contributed by atoms with Crippen molar-refractivity contribution in [3.63, 3.8) is 0 Å². The smallest absolute Gasteiger partial charge is 0.151 e. The number of nitrogens with zero attached hydrogens (tertiary/aromatic N) is 1. The summed E-state index contributed by atoms with van der Waals surface area (Å²) in [5.74, 6) is 41.2. The van der Waals surface area contributed by atoms with Gasteiger partial charge < -0.3 is 0 Å². The summed E-state index contributed by atoms with van der Waals surface area (Å²) in [5.41, 5.74) is 2.62. The van der Waals surface area contributed by atoms with E-state index in [0.717, 1.165) is 13.0 Å². The van der Waals surface area contributed by atoms with Gasteiger partial charge in [0, 0.05) is 47.0 Å². The molecule has 0 aliphatic rings. The molecule has 0 heterocycles. The molecule has 1 rings (SSSR count). The molecule has 150 valence electrons. The van der Waals surface area contributed by atoms with Crippen LogP contribution in [0.1, 0.15) is 37.3 Å². The Morgan fingerprint density at radius 3 is 1.50 bits per heavy atom. The molecule has 0 saturated heterocycles. The van der Waals surface area contributed by atoms with Gasteiger partial charge in [-0.05, 0) is 65.3 Å². The van der Waals surface area contributed by atoms with E-state index in [9.17, 15) is 0 Å². The largest absolute Gasteiger partial charge is 0.247 e. The number of benzene rings is 1. The quantitative estimate of drug-likeness (QED) is 0.529. The van der Waals surface area contributed by atoms with Gasteiger partial charge in [-0.15, -0.1) is 6.42 Å². The van der Waals surface area contributed by atoms with E-state index in [1.54, 1.807) is 0 Å². The molecule has 0 spiro atoms. The maximum atomic E-state index is 4.95. The van der Waals surface area contributed by atoms with Crippen LogP contribution in [0.2, 0.25) is 0 Å². The van der Waals surface area contributed by atoms with E-state index in [4.69, 9.17) is 6.42 Å². The summed E-state index contributed by atoms with van der Waals surface area (Å²) in [6.45, 7) is 5.25. The highest BCUT2D eigenvalue weighted by molar-refractivity contribution is 5.46. The minimum Gasteiger partial charge on any atom is -0.247 e. The molecule has 0 aromatic heterocycles. The lowest BCUT2D eigenvalue weighted by atomic mass is 9.97. The summed E-state index contributed by atoms with van der Waals surface area (Å²) in [6.07, 6.45) is 6.09. The van der Waals surface area contributed by atoms with Crippen LogP contribution in [0.5, 0.6) is 0 Å². The molecule has 1 unspecified atom stereocenters. The first-order chi connectivity index (χ1) is 15.5. The fraction of sp³-hybridized carbons (Fsp3) is 0.226. The molecular formula is C31H22N+. The van der Waals surface area contributed by atoms with Crippen LogP contribution in [0.15, 0.2) is 24.3 Å². The number of rotatable bonds is 4. The average Bonchev–Trinajstić information content (AvgIpc) is 2.78. The summed E-state index contributed by atoms with van der Waals surface area (Å²) >= 11 is 0. The van der Waals surface area contributed by atoms with Crippen LogP contribution in [-0.4, -0.2) is 18.6 Å². The Kier molecular flexibility index (Phi) is 11.9. The van der Waals surface area contributed by atoms with Crippen molar-refractivity contribution in [1.82, 2.24) is 0 Å². The highest BCUT2D eigenvalue weighted by Gasteiger charge is 2.13. The standard InChI is InChI=1S/C31H22N/c1-6-8-9-10-11-12-13-14-15-16-17-18-19-20-21-22-27-32(4,5)28-30-23-25-31(26-24-30)29(3)7-2/h1,23-26,29H,7,28H2,2-5H3/q+1. The van der Waals surface area contributed by atoms with Gasteiger partial charge in [0.25, 0.3) is 0 Å². The molecule has 32 heavy (non-hydrogen) atoms. The average molecular weight is 409 g/mol. The summed E-state index contributed by atoms with van der Waals surface area (Å²) in [5, 5.41) is 0. The first-order valence-electron chi connectivity index (χ1n) is 9.88. The molecule has 1 nitrogen and oxygen atoms in total. The minimum absolute atomic E-state index is 0.516. The van der Waals surface area contributed by atoms with E-state index < -0.39 is 0 Å². The zero-order valence-electron chi connectivity index (χ0n) is 18.8. The molecule has 1 atom stereocenters. The van der Waals surface area contributed by atoms with Crippen molar-refractivity contribution in [2.75, 3.05) is 14.1 Å². The van der Waals surface area contributed by atoms with Crippen LogP contribution >= 0.6 is 0 Å². The van der Waals surface area contributed by atoms with Crippen molar-refractivity contribution in [2.24, 2.45) is 0 Å². The van der Waals surface area contributed by atoms with E-state index in [1.807, 2.05) is 14.1 Å². The third-order valence-electron chi connectivity index (χ3n) is 4.04. The molecule has 0 amide bonds. The zero-order valence-corrected chi connectivity index (χ0v) is 18.8. The lowest BCUT2D eigenvalue weighted by molar-refractivity contribution is -0.836. The van der Waals surface area contributed by atoms with Crippen LogP contribution in [0.4, 0.5) is 0 Å². The van der Waals surface area contributed by atoms with Crippen LogP contribution in [0.3, 0.4) is 0 Å². The van der Waals surface area contributed by atoms with Crippen molar-refractivity contribution in [3.8, 4) is 107 Å². The Labute approximate surface area is 194 Å². The van der Waals surface area contributed by atoms with E-state index in [-0.39, 0.29) is 0 Å². The monoisotopic (exact) mass is 408 g/mol. The fourth-order valence-corrected chi connectivity index (χ4v) is 2.30. The molecular weight excluding hydrogens is 386 g/mol. The molecule has 0 aliphatic carbocycles.